The van der Waals surface area contributed by atoms with Crippen LogP contribution >= 0.6 is 0 Å². The fourth-order valence-electron chi connectivity index (χ4n) is 3.44. The molecule has 0 aliphatic heterocycles. The molecule has 0 radical (unpaired) electrons. The van der Waals surface area contributed by atoms with Gasteiger partial charge in [-0.1, -0.05) is 18.2 Å². The van der Waals surface area contributed by atoms with Crippen molar-refractivity contribution in [2.45, 2.75) is 6.54 Å². The van der Waals surface area contributed by atoms with Crippen LogP contribution in [0, 0.1) is 0 Å². The number of aromatic nitrogens is 4. The molecule has 5 rings (SSSR count). The normalized spacial score (nSPS) is 11.7. The Morgan fingerprint density at radius 3 is 2.75 bits per heavy atom. The number of imidazole rings is 1. The van der Waals surface area contributed by atoms with E-state index in [1.54, 1.807) is 18.7 Å². The lowest BCUT2D eigenvalue weighted by molar-refractivity contribution is 0.797. The standard InChI is InChI=1S/C22H17N5O/c28-22-18(21-17-2-1-9-24-19(17)7-8-20(21)26-22)12-25-16-5-3-15(4-6-16)13-27-11-10-23-14-27/h1-12,14,24H,13H2,(H,26,28). The average Bonchev–Trinajstić information content (AvgIpc) is 3.34. The van der Waals surface area contributed by atoms with Gasteiger partial charge in [0, 0.05) is 53.2 Å². The molecular weight excluding hydrogens is 350 g/mol. The van der Waals surface area contributed by atoms with Gasteiger partial charge in [0.1, 0.15) is 0 Å². The van der Waals surface area contributed by atoms with E-state index >= 15 is 0 Å². The quantitative estimate of drug-likeness (QED) is 0.471. The number of pyridine rings is 1. The zero-order chi connectivity index (χ0) is 18.9. The smallest absolute Gasteiger partial charge is 0.257 e. The van der Waals surface area contributed by atoms with Gasteiger partial charge in [0.2, 0.25) is 0 Å². The summed E-state index contributed by atoms with van der Waals surface area (Å²) in [6, 6.07) is 15.8. The number of rotatable bonds is 4. The van der Waals surface area contributed by atoms with Crippen molar-refractivity contribution in [3.8, 4) is 0 Å². The van der Waals surface area contributed by atoms with E-state index in [-0.39, 0.29) is 5.56 Å². The van der Waals surface area contributed by atoms with Crippen LogP contribution in [-0.2, 0) is 6.54 Å². The first-order valence-electron chi connectivity index (χ1n) is 8.99. The SMILES string of the molecule is O=c1[nH]c2ccc3[nH]cccc3c2c1C=Nc1ccc(Cn2ccnc2)cc1. The maximum absolute atomic E-state index is 12.5. The molecule has 0 unspecified atom stereocenters. The molecule has 0 atom stereocenters. The molecule has 28 heavy (non-hydrogen) atoms. The first-order chi connectivity index (χ1) is 13.8. The lowest BCUT2D eigenvalue weighted by atomic mass is 10.1. The zero-order valence-corrected chi connectivity index (χ0v) is 15.0. The first kappa shape index (κ1) is 16.3. The molecule has 0 amide bonds. The number of nitrogens with one attached hydrogen (secondary N) is 2. The van der Waals surface area contributed by atoms with Gasteiger partial charge in [0.15, 0.2) is 0 Å². The van der Waals surface area contributed by atoms with Crippen LogP contribution in [0.15, 0.2) is 83.2 Å². The number of aromatic amines is 2. The van der Waals surface area contributed by atoms with Crippen molar-refractivity contribution in [2.24, 2.45) is 4.99 Å². The van der Waals surface area contributed by atoms with Crippen molar-refractivity contribution in [1.82, 2.24) is 19.5 Å². The minimum absolute atomic E-state index is 0.133. The second kappa shape index (κ2) is 6.66. The van der Waals surface area contributed by atoms with Crippen molar-refractivity contribution >= 4 is 33.7 Å². The van der Waals surface area contributed by atoms with Crippen LogP contribution in [0.4, 0.5) is 5.69 Å². The maximum atomic E-state index is 12.5. The van der Waals surface area contributed by atoms with E-state index in [1.807, 2.05) is 65.5 Å². The summed E-state index contributed by atoms with van der Waals surface area (Å²) in [6.45, 7) is 0.764. The van der Waals surface area contributed by atoms with E-state index in [0.29, 0.717) is 5.56 Å². The highest BCUT2D eigenvalue weighted by atomic mass is 16.1. The molecule has 5 aromatic rings. The molecule has 2 aromatic carbocycles. The molecule has 0 spiro atoms. The summed E-state index contributed by atoms with van der Waals surface area (Å²) < 4.78 is 2.01. The van der Waals surface area contributed by atoms with Crippen molar-refractivity contribution in [3.05, 3.63) is 94.9 Å². The van der Waals surface area contributed by atoms with E-state index in [1.165, 1.54) is 0 Å². The summed E-state index contributed by atoms with van der Waals surface area (Å²) in [5.74, 6) is 0. The number of aliphatic imine (C=N–C) groups is 1. The number of nitrogens with zero attached hydrogens (tertiary/aromatic N) is 3. The molecule has 0 aliphatic rings. The number of benzene rings is 2. The molecule has 3 aromatic heterocycles. The second-order valence-electron chi connectivity index (χ2n) is 6.65. The van der Waals surface area contributed by atoms with Gasteiger partial charge in [-0.3, -0.25) is 9.79 Å². The van der Waals surface area contributed by atoms with Gasteiger partial charge in [0.05, 0.1) is 17.6 Å². The molecule has 0 fully saturated rings. The van der Waals surface area contributed by atoms with E-state index in [9.17, 15) is 4.79 Å². The average molecular weight is 367 g/mol. The van der Waals surface area contributed by atoms with Crippen molar-refractivity contribution < 1.29 is 0 Å². The highest BCUT2D eigenvalue weighted by molar-refractivity contribution is 6.13. The molecule has 3 heterocycles. The highest BCUT2D eigenvalue weighted by Crippen LogP contribution is 2.24. The van der Waals surface area contributed by atoms with Gasteiger partial charge in [-0.15, -0.1) is 0 Å². The van der Waals surface area contributed by atoms with E-state index in [0.717, 1.165) is 39.6 Å². The first-order valence-corrected chi connectivity index (χ1v) is 8.99. The molecule has 6 nitrogen and oxygen atoms in total. The van der Waals surface area contributed by atoms with Gasteiger partial charge >= 0.3 is 0 Å². The third-order valence-corrected chi connectivity index (χ3v) is 4.81. The Hall–Kier alpha value is -3.93. The molecular formula is C22H17N5O. The summed E-state index contributed by atoms with van der Waals surface area (Å²) >= 11 is 0. The Bertz CT molecular complexity index is 1340. The van der Waals surface area contributed by atoms with Gasteiger partial charge in [-0.05, 0) is 35.9 Å². The van der Waals surface area contributed by atoms with Crippen LogP contribution in [0.1, 0.15) is 11.1 Å². The van der Waals surface area contributed by atoms with Crippen LogP contribution < -0.4 is 5.56 Å². The summed E-state index contributed by atoms with van der Waals surface area (Å²) in [4.78, 5) is 27.2. The number of hydrogen-bond donors (Lipinski definition) is 2. The molecule has 0 saturated carbocycles. The molecule has 136 valence electrons. The largest absolute Gasteiger partial charge is 0.361 e. The Kier molecular flexibility index (Phi) is 3.87. The minimum atomic E-state index is -0.133. The van der Waals surface area contributed by atoms with Crippen LogP contribution in [0.25, 0.3) is 21.8 Å². The third-order valence-electron chi connectivity index (χ3n) is 4.81. The Morgan fingerprint density at radius 2 is 1.93 bits per heavy atom. The predicted molar refractivity (Wildman–Crippen MR) is 111 cm³/mol. The molecule has 0 bridgehead atoms. The van der Waals surface area contributed by atoms with Gasteiger partial charge < -0.3 is 14.5 Å². The second-order valence-corrected chi connectivity index (χ2v) is 6.65. The molecule has 0 aliphatic carbocycles. The number of fused-ring (bicyclic) bond motifs is 3. The van der Waals surface area contributed by atoms with Crippen LogP contribution in [0.2, 0.25) is 0 Å². The van der Waals surface area contributed by atoms with Crippen molar-refractivity contribution in [3.63, 3.8) is 0 Å². The minimum Gasteiger partial charge on any atom is -0.361 e. The van der Waals surface area contributed by atoms with Crippen LogP contribution in [0.3, 0.4) is 0 Å². The van der Waals surface area contributed by atoms with Crippen LogP contribution in [0.5, 0.6) is 0 Å². The summed E-state index contributed by atoms with van der Waals surface area (Å²) in [5, 5.41) is 1.88. The summed E-state index contributed by atoms with van der Waals surface area (Å²) in [7, 11) is 0. The van der Waals surface area contributed by atoms with Gasteiger partial charge in [-0.25, -0.2) is 4.98 Å². The van der Waals surface area contributed by atoms with Gasteiger partial charge in [-0.2, -0.15) is 0 Å². The van der Waals surface area contributed by atoms with E-state index < -0.39 is 0 Å². The molecule has 0 saturated heterocycles. The summed E-state index contributed by atoms with van der Waals surface area (Å²) in [6.07, 6.45) is 9.01. The number of H-pyrrole nitrogens is 2. The summed E-state index contributed by atoms with van der Waals surface area (Å²) in [5.41, 5.74) is 4.20. The van der Waals surface area contributed by atoms with Crippen molar-refractivity contribution in [1.29, 1.82) is 0 Å². The maximum Gasteiger partial charge on any atom is 0.257 e. The highest BCUT2D eigenvalue weighted by Gasteiger charge is 2.11. The fraction of sp³-hybridized carbons (Fsp3) is 0.0455. The lowest BCUT2D eigenvalue weighted by Crippen LogP contribution is -2.04. The number of hydrogen-bond acceptors (Lipinski definition) is 3. The van der Waals surface area contributed by atoms with Gasteiger partial charge in [0.25, 0.3) is 5.56 Å². The zero-order valence-electron chi connectivity index (χ0n) is 15.0. The Labute approximate surface area is 160 Å². The Morgan fingerprint density at radius 1 is 1.07 bits per heavy atom. The third kappa shape index (κ3) is 2.91. The monoisotopic (exact) mass is 367 g/mol. The molecule has 2 N–H and O–H groups in total. The fourth-order valence-corrected chi connectivity index (χ4v) is 3.44. The Balaban J connectivity index is 1.49. The topological polar surface area (TPSA) is 78.8 Å². The van der Waals surface area contributed by atoms with Crippen molar-refractivity contribution in [2.75, 3.05) is 0 Å². The lowest BCUT2D eigenvalue weighted by Gasteiger charge is -2.03. The van der Waals surface area contributed by atoms with Crippen LogP contribution in [-0.4, -0.2) is 25.7 Å². The predicted octanol–water partition coefficient (Wildman–Crippen LogP) is 4.00. The molecule has 6 heteroatoms. The van der Waals surface area contributed by atoms with E-state index in [4.69, 9.17) is 0 Å². The van der Waals surface area contributed by atoms with E-state index in [2.05, 4.69) is 19.9 Å².